The van der Waals surface area contributed by atoms with Crippen LogP contribution in [-0.2, 0) is 16.1 Å². The molecule has 0 saturated heterocycles. The van der Waals surface area contributed by atoms with Crippen LogP contribution in [0.15, 0.2) is 18.2 Å². The molecular weight excluding hydrogens is 484 g/mol. The van der Waals surface area contributed by atoms with Gasteiger partial charge in [0, 0.05) is 11.1 Å². The van der Waals surface area contributed by atoms with Crippen LogP contribution in [0.4, 0.5) is 0 Å². The molecule has 2 fully saturated rings. The summed E-state index contributed by atoms with van der Waals surface area (Å²) in [5, 5.41) is 10.8. The highest BCUT2D eigenvalue weighted by Gasteiger charge is 2.57. The Hall–Kier alpha value is -3.06. The fourth-order valence-electron chi connectivity index (χ4n) is 6.67. The van der Waals surface area contributed by atoms with E-state index in [4.69, 9.17) is 18.9 Å². The Kier molecular flexibility index (Phi) is 6.93. The highest BCUT2D eigenvalue weighted by atomic mass is 16.6. The molecule has 3 aliphatic rings. The van der Waals surface area contributed by atoms with Gasteiger partial charge in [0.15, 0.2) is 11.5 Å². The molecule has 2 aromatic rings. The molecule has 1 atom stereocenters. The number of rotatable bonds is 6. The van der Waals surface area contributed by atoms with Crippen LogP contribution in [0.2, 0.25) is 0 Å². The predicted octanol–water partition coefficient (Wildman–Crippen LogP) is 6.59. The summed E-state index contributed by atoms with van der Waals surface area (Å²) in [5.41, 5.74) is 2.44. The van der Waals surface area contributed by atoms with Crippen molar-refractivity contribution in [3.05, 3.63) is 46.0 Å². The largest absolute Gasteiger partial charge is 0.495 e. The van der Waals surface area contributed by atoms with Crippen LogP contribution in [0.25, 0.3) is 0 Å². The first-order chi connectivity index (χ1) is 18.1. The molecule has 1 heterocycles. The summed E-state index contributed by atoms with van der Waals surface area (Å²) in [6, 6.07) is 5.26. The number of aliphatic hydroxyl groups is 1. The number of esters is 2. The first-order valence-electron chi connectivity index (χ1n) is 13.6. The van der Waals surface area contributed by atoms with Crippen molar-refractivity contribution in [3.8, 4) is 23.0 Å². The summed E-state index contributed by atoms with van der Waals surface area (Å²) in [5.74, 6) is 1.28. The smallest absolute Gasteiger partial charge is 0.346 e. The van der Waals surface area contributed by atoms with E-state index in [0.717, 1.165) is 36.8 Å². The molecule has 0 radical (unpaired) electrons. The van der Waals surface area contributed by atoms with E-state index >= 15 is 0 Å². The normalized spacial score (nSPS) is 24.6. The number of fused-ring (bicyclic) bond motifs is 4. The molecule has 2 aliphatic carbocycles. The lowest BCUT2D eigenvalue weighted by atomic mass is 9.80. The van der Waals surface area contributed by atoms with Gasteiger partial charge in [0.2, 0.25) is 0 Å². The Morgan fingerprint density at radius 3 is 2.39 bits per heavy atom. The molecule has 7 heteroatoms. The van der Waals surface area contributed by atoms with E-state index in [9.17, 15) is 14.7 Å². The number of carbonyl (C=O) groups excluding carboxylic acids is 2. The van der Waals surface area contributed by atoms with Crippen LogP contribution < -0.4 is 14.2 Å². The maximum absolute atomic E-state index is 13.7. The second-order valence-corrected chi connectivity index (χ2v) is 11.7. The van der Waals surface area contributed by atoms with Gasteiger partial charge >= 0.3 is 11.9 Å². The second-order valence-electron chi connectivity index (χ2n) is 11.7. The number of ether oxygens (including phenoxy) is 4. The summed E-state index contributed by atoms with van der Waals surface area (Å²) < 4.78 is 23.9. The molecule has 0 aromatic heterocycles. The summed E-state index contributed by atoms with van der Waals surface area (Å²) >= 11 is 0. The van der Waals surface area contributed by atoms with Gasteiger partial charge < -0.3 is 24.1 Å². The van der Waals surface area contributed by atoms with Crippen LogP contribution >= 0.6 is 0 Å². The van der Waals surface area contributed by atoms with Crippen molar-refractivity contribution < 1.29 is 33.6 Å². The minimum atomic E-state index is -0.815. The van der Waals surface area contributed by atoms with Crippen LogP contribution in [-0.4, -0.2) is 24.2 Å². The lowest BCUT2D eigenvalue weighted by molar-refractivity contribution is -0.147. The zero-order valence-corrected chi connectivity index (χ0v) is 23.2. The van der Waals surface area contributed by atoms with Crippen LogP contribution in [0.3, 0.4) is 0 Å². The van der Waals surface area contributed by atoms with Crippen molar-refractivity contribution in [2.75, 3.05) is 7.11 Å². The quantitative estimate of drug-likeness (QED) is 0.338. The topological polar surface area (TPSA) is 91.3 Å². The van der Waals surface area contributed by atoms with Crippen molar-refractivity contribution in [3.63, 3.8) is 0 Å². The number of methoxy groups -OCH3 is 1. The van der Waals surface area contributed by atoms with Crippen molar-refractivity contribution >= 4 is 11.9 Å². The minimum absolute atomic E-state index is 0.0519. The van der Waals surface area contributed by atoms with Gasteiger partial charge in [0.1, 0.15) is 23.7 Å². The average Bonchev–Trinajstić information content (AvgIpc) is 3.38. The summed E-state index contributed by atoms with van der Waals surface area (Å²) in [4.78, 5) is 26.9. The monoisotopic (exact) mass is 522 g/mol. The Morgan fingerprint density at radius 2 is 1.79 bits per heavy atom. The second kappa shape index (κ2) is 9.92. The van der Waals surface area contributed by atoms with E-state index in [0.29, 0.717) is 40.9 Å². The summed E-state index contributed by atoms with van der Waals surface area (Å²) in [7, 11) is 1.46. The van der Waals surface area contributed by atoms with Gasteiger partial charge in [-0.3, -0.25) is 4.79 Å². The first kappa shape index (κ1) is 26.5. The van der Waals surface area contributed by atoms with Gasteiger partial charge in [0.05, 0.1) is 18.6 Å². The number of carbonyl (C=O) groups is 2. The Labute approximate surface area is 224 Å². The molecule has 38 heavy (non-hydrogen) atoms. The molecule has 2 bridgehead atoms. The SMILES string of the molecule is COc1c([C@@H](O)CC(C)C)ccc2c1C(=O)OCc1cc(C)c(C)c(OC(=O)C3(C)C4CCC3CC4)c1O2. The van der Waals surface area contributed by atoms with Gasteiger partial charge in [-0.2, -0.15) is 0 Å². The molecule has 5 rings (SSSR count). The molecule has 0 amide bonds. The average molecular weight is 523 g/mol. The molecule has 2 saturated carbocycles. The highest BCUT2D eigenvalue weighted by Crippen LogP contribution is 2.59. The van der Waals surface area contributed by atoms with E-state index in [2.05, 4.69) is 0 Å². The molecule has 7 nitrogen and oxygen atoms in total. The fraction of sp³-hybridized carbons (Fsp3) is 0.548. The Bertz CT molecular complexity index is 1260. The van der Waals surface area contributed by atoms with Gasteiger partial charge in [-0.15, -0.1) is 0 Å². The van der Waals surface area contributed by atoms with Crippen molar-refractivity contribution in [2.24, 2.45) is 23.2 Å². The number of hydrogen-bond donors (Lipinski definition) is 1. The molecule has 1 N–H and O–H groups in total. The summed E-state index contributed by atoms with van der Waals surface area (Å²) in [6.45, 7) is 9.87. The number of cyclic esters (lactones) is 1. The maximum atomic E-state index is 13.7. The van der Waals surface area contributed by atoms with Crippen LogP contribution in [0.5, 0.6) is 23.0 Å². The van der Waals surface area contributed by atoms with E-state index < -0.39 is 17.5 Å². The fourth-order valence-corrected chi connectivity index (χ4v) is 6.67. The zero-order valence-electron chi connectivity index (χ0n) is 23.2. The first-order valence-corrected chi connectivity index (χ1v) is 13.6. The lowest BCUT2D eigenvalue weighted by Crippen LogP contribution is -2.36. The molecule has 0 spiro atoms. The highest BCUT2D eigenvalue weighted by molar-refractivity contribution is 5.97. The Morgan fingerprint density at radius 1 is 1.13 bits per heavy atom. The maximum Gasteiger partial charge on any atom is 0.346 e. The van der Waals surface area contributed by atoms with E-state index in [1.165, 1.54) is 7.11 Å². The molecule has 0 unspecified atom stereocenters. The third-order valence-electron chi connectivity index (χ3n) is 9.06. The molecule has 1 aliphatic heterocycles. The van der Waals surface area contributed by atoms with Crippen molar-refractivity contribution in [1.29, 1.82) is 0 Å². The minimum Gasteiger partial charge on any atom is -0.495 e. The van der Waals surface area contributed by atoms with Crippen LogP contribution in [0.1, 0.15) is 91.6 Å². The Balaban J connectivity index is 1.58. The van der Waals surface area contributed by atoms with Crippen molar-refractivity contribution in [2.45, 2.75) is 79.4 Å². The number of aliphatic hydroxyl groups excluding tert-OH is 1. The number of hydrogen-bond acceptors (Lipinski definition) is 7. The van der Waals surface area contributed by atoms with Gasteiger partial charge in [0.25, 0.3) is 0 Å². The van der Waals surface area contributed by atoms with E-state index in [-0.39, 0.29) is 35.6 Å². The third-order valence-corrected chi connectivity index (χ3v) is 9.06. The van der Waals surface area contributed by atoms with Crippen LogP contribution in [0, 0.1) is 37.0 Å². The lowest BCUT2D eigenvalue weighted by Gasteiger charge is -2.29. The van der Waals surface area contributed by atoms with Gasteiger partial charge in [-0.1, -0.05) is 13.8 Å². The van der Waals surface area contributed by atoms with Gasteiger partial charge in [-0.05, 0) is 100.0 Å². The molecule has 2 aromatic carbocycles. The number of benzene rings is 2. The van der Waals surface area contributed by atoms with Gasteiger partial charge in [-0.25, -0.2) is 4.79 Å². The van der Waals surface area contributed by atoms with Crippen molar-refractivity contribution in [1.82, 2.24) is 0 Å². The number of aryl methyl sites for hydroxylation is 1. The molecular formula is C31H38O7. The third kappa shape index (κ3) is 4.25. The standard InChI is InChI=1S/C31H38O7/c1-16(2)13-23(32)22-11-12-24-25(28(22)35-6)29(33)36-15-19-14-17(3)18(4)26(27(19)37-24)38-30(34)31(5)20-7-8-21(31)10-9-20/h11-12,14,16,20-21,23,32H,7-10,13,15H2,1-6H3/t20?,21?,23-,31?/m0/s1. The van der Waals surface area contributed by atoms with E-state index in [1.54, 1.807) is 12.1 Å². The predicted molar refractivity (Wildman–Crippen MR) is 142 cm³/mol. The summed E-state index contributed by atoms with van der Waals surface area (Å²) in [6.07, 6.45) is 3.94. The van der Waals surface area contributed by atoms with E-state index in [1.807, 2.05) is 40.7 Å². The zero-order chi connectivity index (χ0) is 27.4. The molecule has 204 valence electrons.